The zero-order valence-corrected chi connectivity index (χ0v) is 16.1. The van der Waals surface area contributed by atoms with Gasteiger partial charge in [0.15, 0.2) is 0 Å². The van der Waals surface area contributed by atoms with Crippen molar-refractivity contribution in [3.05, 3.63) is 35.4 Å². The maximum absolute atomic E-state index is 13.9. The first-order valence-corrected chi connectivity index (χ1v) is 9.63. The molecule has 0 aromatic heterocycles. The average molecular weight is 393 g/mol. The van der Waals surface area contributed by atoms with Crippen LogP contribution in [-0.2, 0) is 9.59 Å². The van der Waals surface area contributed by atoms with Crippen LogP contribution in [0.3, 0.4) is 0 Å². The van der Waals surface area contributed by atoms with Crippen molar-refractivity contribution in [2.24, 2.45) is 0 Å². The van der Waals surface area contributed by atoms with Crippen LogP contribution < -0.4 is 5.32 Å². The van der Waals surface area contributed by atoms with Crippen molar-refractivity contribution < 1.29 is 23.2 Å². The molecule has 1 N–H and O–H groups in total. The first-order valence-electron chi connectivity index (χ1n) is 9.63. The first kappa shape index (κ1) is 20.2. The van der Waals surface area contributed by atoms with Crippen LogP contribution in [-0.4, -0.2) is 58.7 Å². The van der Waals surface area contributed by atoms with E-state index in [1.807, 2.05) is 13.8 Å². The maximum Gasteiger partial charge on any atom is 0.256 e. The number of benzene rings is 1. The molecule has 2 aliphatic rings. The van der Waals surface area contributed by atoms with Gasteiger partial charge in [-0.15, -0.1) is 0 Å². The van der Waals surface area contributed by atoms with Gasteiger partial charge in [0.1, 0.15) is 17.7 Å². The number of carbonyl (C=O) groups excluding carboxylic acids is 3. The molecule has 2 fully saturated rings. The number of carbonyl (C=O) groups is 3. The smallest absolute Gasteiger partial charge is 0.256 e. The highest BCUT2D eigenvalue weighted by Gasteiger charge is 2.41. The van der Waals surface area contributed by atoms with E-state index in [0.29, 0.717) is 44.8 Å². The molecule has 2 saturated heterocycles. The summed E-state index contributed by atoms with van der Waals surface area (Å²) in [5.74, 6) is -2.29. The Morgan fingerprint density at radius 3 is 2.43 bits per heavy atom. The van der Waals surface area contributed by atoms with E-state index in [-0.39, 0.29) is 29.5 Å². The molecular formula is C20H25F2N3O3. The second-order valence-corrected chi connectivity index (χ2v) is 7.67. The van der Waals surface area contributed by atoms with Gasteiger partial charge in [-0.05, 0) is 45.2 Å². The Labute approximate surface area is 162 Å². The SMILES string of the molecule is CC(C)NC(=O)C1CCC(=O)N1C1CCN(C(=O)c2ccc(F)cc2F)CC1. The summed E-state index contributed by atoms with van der Waals surface area (Å²) in [4.78, 5) is 40.5. The minimum Gasteiger partial charge on any atom is -0.352 e. The number of piperidine rings is 1. The van der Waals surface area contributed by atoms with Gasteiger partial charge in [-0.25, -0.2) is 8.78 Å². The van der Waals surface area contributed by atoms with E-state index in [1.165, 1.54) is 4.90 Å². The van der Waals surface area contributed by atoms with Gasteiger partial charge in [0.05, 0.1) is 5.56 Å². The predicted molar refractivity (Wildman–Crippen MR) is 98.4 cm³/mol. The minimum atomic E-state index is -0.882. The molecule has 0 aliphatic carbocycles. The summed E-state index contributed by atoms with van der Waals surface area (Å²) in [7, 11) is 0. The van der Waals surface area contributed by atoms with E-state index in [0.717, 1.165) is 12.1 Å². The topological polar surface area (TPSA) is 69.7 Å². The van der Waals surface area contributed by atoms with Crippen LogP contribution in [0.15, 0.2) is 18.2 Å². The van der Waals surface area contributed by atoms with Crippen LogP contribution in [0, 0.1) is 11.6 Å². The highest BCUT2D eigenvalue weighted by atomic mass is 19.1. The summed E-state index contributed by atoms with van der Waals surface area (Å²) in [5, 5.41) is 2.86. The number of nitrogens with one attached hydrogen (secondary N) is 1. The van der Waals surface area contributed by atoms with Gasteiger partial charge < -0.3 is 15.1 Å². The van der Waals surface area contributed by atoms with Gasteiger partial charge in [0.25, 0.3) is 5.91 Å². The molecule has 0 radical (unpaired) electrons. The Morgan fingerprint density at radius 2 is 1.82 bits per heavy atom. The second kappa shape index (κ2) is 8.24. The number of amides is 3. The molecule has 152 valence electrons. The number of hydrogen-bond acceptors (Lipinski definition) is 3. The monoisotopic (exact) mass is 393 g/mol. The fourth-order valence-electron chi connectivity index (χ4n) is 3.98. The Bertz CT molecular complexity index is 776. The normalized spacial score (nSPS) is 20.8. The van der Waals surface area contributed by atoms with E-state index in [2.05, 4.69) is 5.32 Å². The quantitative estimate of drug-likeness (QED) is 0.852. The minimum absolute atomic E-state index is 0.00451. The van der Waals surface area contributed by atoms with Crippen molar-refractivity contribution in [3.63, 3.8) is 0 Å². The third-order valence-electron chi connectivity index (χ3n) is 5.30. The zero-order chi connectivity index (χ0) is 20.4. The summed E-state index contributed by atoms with van der Waals surface area (Å²) in [5.41, 5.74) is -0.161. The molecule has 6 nitrogen and oxygen atoms in total. The highest BCUT2D eigenvalue weighted by Crippen LogP contribution is 2.28. The highest BCUT2D eigenvalue weighted by molar-refractivity contribution is 5.94. The summed E-state index contributed by atoms with van der Waals surface area (Å²) in [6.07, 6.45) is 1.88. The van der Waals surface area contributed by atoms with Crippen LogP contribution in [0.25, 0.3) is 0 Å². The molecule has 0 spiro atoms. The average Bonchev–Trinajstić information content (AvgIpc) is 3.02. The third-order valence-corrected chi connectivity index (χ3v) is 5.30. The fourth-order valence-corrected chi connectivity index (χ4v) is 3.98. The maximum atomic E-state index is 13.9. The molecule has 2 heterocycles. The number of rotatable bonds is 4. The van der Waals surface area contributed by atoms with Crippen molar-refractivity contribution in [2.45, 2.75) is 57.7 Å². The van der Waals surface area contributed by atoms with Gasteiger partial charge >= 0.3 is 0 Å². The lowest BCUT2D eigenvalue weighted by molar-refractivity contribution is -0.138. The van der Waals surface area contributed by atoms with E-state index in [1.54, 1.807) is 4.90 Å². The second-order valence-electron chi connectivity index (χ2n) is 7.67. The lowest BCUT2D eigenvalue weighted by atomic mass is 10.0. The molecular weight excluding hydrogens is 368 g/mol. The van der Waals surface area contributed by atoms with Gasteiger partial charge in [0, 0.05) is 37.7 Å². The molecule has 1 atom stereocenters. The number of halogens is 2. The standard InChI is InChI=1S/C20H25F2N3O3/c1-12(2)23-19(27)17-5-6-18(26)25(17)14-7-9-24(10-8-14)20(28)15-4-3-13(21)11-16(15)22/h3-4,11-12,14,17H,5-10H2,1-2H3,(H,23,27). The Hall–Kier alpha value is -2.51. The number of nitrogens with zero attached hydrogens (tertiary/aromatic N) is 2. The van der Waals surface area contributed by atoms with Crippen molar-refractivity contribution >= 4 is 17.7 Å². The van der Waals surface area contributed by atoms with Crippen molar-refractivity contribution in [2.75, 3.05) is 13.1 Å². The number of likely N-dealkylation sites (tertiary alicyclic amines) is 2. The summed E-state index contributed by atoms with van der Waals surface area (Å²) in [6, 6.07) is 2.30. The van der Waals surface area contributed by atoms with Crippen LogP contribution in [0.4, 0.5) is 8.78 Å². The van der Waals surface area contributed by atoms with Crippen LogP contribution in [0.2, 0.25) is 0 Å². The summed E-state index contributed by atoms with van der Waals surface area (Å²) < 4.78 is 26.9. The van der Waals surface area contributed by atoms with E-state index >= 15 is 0 Å². The molecule has 28 heavy (non-hydrogen) atoms. The van der Waals surface area contributed by atoms with Gasteiger partial charge in [0.2, 0.25) is 11.8 Å². The largest absolute Gasteiger partial charge is 0.352 e. The Balaban J connectivity index is 1.64. The van der Waals surface area contributed by atoms with Gasteiger partial charge in [-0.2, -0.15) is 0 Å². The Kier molecular flexibility index (Phi) is 5.96. The van der Waals surface area contributed by atoms with Gasteiger partial charge in [-0.1, -0.05) is 0 Å². The molecule has 0 bridgehead atoms. The lowest BCUT2D eigenvalue weighted by Crippen LogP contribution is -2.54. The van der Waals surface area contributed by atoms with Gasteiger partial charge in [-0.3, -0.25) is 14.4 Å². The van der Waals surface area contributed by atoms with Crippen LogP contribution in [0.1, 0.15) is 49.9 Å². The van der Waals surface area contributed by atoms with E-state index in [9.17, 15) is 23.2 Å². The van der Waals surface area contributed by atoms with Crippen molar-refractivity contribution in [1.82, 2.24) is 15.1 Å². The predicted octanol–water partition coefficient (Wildman–Crippen LogP) is 2.08. The molecule has 8 heteroatoms. The zero-order valence-electron chi connectivity index (χ0n) is 16.1. The van der Waals surface area contributed by atoms with Crippen molar-refractivity contribution in [3.8, 4) is 0 Å². The Morgan fingerprint density at radius 1 is 1.14 bits per heavy atom. The lowest BCUT2D eigenvalue weighted by Gasteiger charge is -2.39. The molecule has 1 aromatic rings. The molecule has 0 saturated carbocycles. The van der Waals surface area contributed by atoms with Crippen molar-refractivity contribution in [1.29, 1.82) is 0 Å². The number of hydrogen-bond donors (Lipinski definition) is 1. The fraction of sp³-hybridized carbons (Fsp3) is 0.550. The van der Waals surface area contributed by atoms with E-state index in [4.69, 9.17) is 0 Å². The molecule has 2 aliphatic heterocycles. The van der Waals surface area contributed by atoms with Crippen LogP contribution in [0.5, 0.6) is 0 Å². The summed E-state index contributed by atoms with van der Waals surface area (Å²) in [6.45, 7) is 4.45. The summed E-state index contributed by atoms with van der Waals surface area (Å²) >= 11 is 0. The molecule has 3 amide bonds. The molecule has 3 rings (SSSR count). The third kappa shape index (κ3) is 4.15. The first-order chi connectivity index (χ1) is 13.3. The van der Waals surface area contributed by atoms with E-state index < -0.39 is 23.6 Å². The molecule has 1 aromatic carbocycles. The van der Waals surface area contributed by atoms with Crippen LogP contribution >= 0.6 is 0 Å². The molecule has 1 unspecified atom stereocenters.